The van der Waals surface area contributed by atoms with Crippen LogP contribution in [0.5, 0.6) is 5.88 Å². The first-order valence-electron chi connectivity index (χ1n) is 12.2. The van der Waals surface area contributed by atoms with Gasteiger partial charge < -0.3 is 14.8 Å². The van der Waals surface area contributed by atoms with Gasteiger partial charge in [-0.25, -0.2) is 26.8 Å². The van der Waals surface area contributed by atoms with Gasteiger partial charge in [-0.05, 0) is 31.0 Å². The number of aromatic nitrogens is 6. The molecule has 2 aliphatic rings. The van der Waals surface area contributed by atoms with Crippen LogP contribution < -0.4 is 10.1 Å². The topological polar surface area (TPSA) is 94.6 Å². The van der Waals surface area contributed by atoms with Crippen LogP contribution >= 0.6 is 0 Å². The summed E-state index contributed by atoms with van der Waals surface area (Å²) >= 11 is 0. The number of nitrogens with zero attached hydrogens (tertiary/aromatic N) is 7. The zero-order valence-electron chi connectivity index (χ0n) is 20.7. The zero-order valence-corrected chi connectivity index (χ0v) is 20.7. The third kappa shape index (κ3) is 4.21. The number of piperidine rings is 1. The first-order valence-corrected chi connectivity index (χ1v) is 12.2. The Kier molecular flexibility index (Phi) is 6.10. The van der Waals surface area contributed by atoms with Crippen LogP contribution in [-0.4, -0.2) is 92.1 Å². The molecule has 2 atom stereocenters. The van der Waals surface area contributed by atoms with Crippen LogP contribution in [0.25, 0.3) is 27.7 Å². The second-order valence-electron chi connectivity index (χ2n) is 9.95. The molecule has 6 rings (SSSR count). The number of hydrogen-bond donors (Lipinski definition) is 1. The van der Waals surface area contributed by atoms with E-state index in [0.29, 0.717) is 42.8 Å². The second-order valence-corrected chi connectivity index (χ2v) is 9.95. The number of hydrogen-bond acceptors (Lipinski definition) is 8. The van der Waals surface area contributed by atoms with Crippen molar-refractivity contribution in [3.05, 3.63) is 30.2 Å². The van der Waals surface area contributed by atoms with Gasteiger partial charge in [0, 0.05) is 13.1 Å². The average molecular weight is 535 g/mol. The molecular weight excluding hydrogens is 508 g/mol. The molecule has 10 nitrogen and oxygen atoms in total. The van der Waals surface area contributed by atoms with Gasteiger partial charge in [0.15, 0.2) is 5.82 Å². The fraction of sp³-hybridized carbons (Fsp3) is 0.500. The van der Waals surface area contributed by atoms with Crippen LogP contribution in [0, 0.1) is 5.82 Å². The number of rotatable bonds is 7. The van der Waals surface area contributed by atoms with E-state index in [0.717, 1.165) is 4.68 Å². The summed E-state index contributed by atoms with van der Waals surface area (Å²) in [5.74, 6) is -0.438. The van der Waals surface area contributed by atoms with E-state index >= 15 is 8.78 Å². The minimum atomic E-state index is -2.62. The normalized spacial score (nSPS) is 21.8. The van der Waals surface area contributed by atoms with Crippen molar-refractivity contribution >= 4 is 22.5 Å². The van der Waals surface area contributed by atoms with E-state index in [1.54, 1.807) is 12.1 Å². The first kappa shape index (κ1) is 24.8. The number of anilines is 1. The minimum absolute atomic E-state index is 0.0766. The molecule has 3 aromatic heterocycles. The molecule has 0 aliphatic carbocycles. The van der Waals surface area contributed by atoms with Gasteiger partial charge in [0.25, 0.3) is 6.43 Å². The molecule has 0 amide bonds. The van der Waals surface area contributed by atoms with Crippen LogP contribution in [0.4, 0.5) is 23.5 Å². The maximum Gasteiger partial charge on any atom is 0.258 e. The summed E-state index contributed by atoms with van der Waals surface area (Å²) in [6.07, 6.45) is -2.08. The van der Waals surface area contributed by atoms with Crippen molar-refractivity contribution in [3.63, 3.8) is 0 Å². The number of benzene rings is 1. The molecule has 1 aromatic carbocycles. The number of nitrogens with one attached hydrogen (secondary N) is 1. The highest BCUT2D eigenvalue weighted by Crippen LogP contribution is 2.36. The van der Waals surface area contributed by atoms with Crippen molar-refractivity contribution in [3.8, 4) is 17.0 Å². The number of halogens is 4. The second kappa shape index (κ2) is 9.34. The Morgan fingerprint density at radius 3 is 2.79 bits per heavy atom. The van der Waals surface area contributed by atoms with Gasteiger partial charge in [0.05, 0.1) is 49.2 Å². The highest BCUT2D eigenvalue weighted by Gasteiger charge is 2.43. The maximum atomic E-state index is 15.3. The van der Waals surface area contributed by atoms with E-state index < -0.39 is 31.0 Å². The average Bonchev–Trinajstić information content (AvgIpc) is 3.42. The van der Waals surface area contributed by atoms with Gasteiger partial charge in [-0.15, -0.1) is 10.2 Å². The van der Waals surface area contributed by atoms with Crippen LogP contribution in [0.15, 0.2) is 24.4 Å². The largest absolute Gasteiger partial charge is 0.479 e. The van der Waals surface area contributed by atoms with Crippen LogP contribution in [0.3, 0.4) is 0 Å². The monoisotopic (exact) mass is 534 g/mol. The summed E-state index contributed by atoms with van der Waals surface area (Å²) in [5.41, 5.74) is 1.37. The van der Waals surface area contributed by atoms with Crippen molar-refractivity contribution < 1.29 is 27.0 Å². The number of fused-ring (bicyclic) bond motifs is 2. The van der Waals surface area contributed by atoms with Crippen molar-refractivity contribution in [2.24, 2.45) is 0 Å². The van der Waals surface area contributed by atoms with E-state index in [1.165, 1.54) is 23.9 Å². The molecule has 1 N–H and O–H groups in total. The quantitative estimate of drug-likeness (QED) is 0.362. The molecule has 202 valence electrons. The van der Waals surface area contributed by atoms with E-state index in [9.17, 15) is 8.78 Å². The lowest BCUT2D eigenvalue weighted by molar-refractivity contribution is -0.142. The Balaban J connectivity index is 1.31. The molecule has 38 heavy (non-hydrogen) atoms. The minimum Gasteiger partial charge on any atom is -0.479 e. The number of ether oxygens (including phenoxy) is 2. The summed E-state index contributed by atoms with van der Waals surface area (Å²) in [6, 6.07) is 4.21. The smallest absolute Gasteiger partial charge is 0.258 e. The predicted octanol–water partition coefficient (Wildman–Crippen LogP) is 3.17. The molecule has 0 radical (unpaired) electrons. The van der Waals surface area contributed by atoms with Gasteiger partial charge >= 0.3 is 0 Å². The molecule has 4 aromatic rings. The number of likely N-dealkylation sites (tertiary alicyclic amines) is 1. The highest BCUT2D eigenvalue weighted by atomic mass is 19.3. The Labute approximate surface area is 214 Å². The van der Waals surface area contributed by atoms with Gasteiger partial charge in [0.2, 0.25) is 11.8 Å². The summed E-state index contributed by atoms with van der Waals surface area (Å²) < 4.78 is 69.5. The lowest BCUT2D eigenvalue weighted by Gasteiger charge is -2.50. The van der Waals surface area contributed by atoms with Gasteiger partial charge in [0.1, 0.15) is 23.7 Å². The van der Waals surface area contributed by atoms with Crippen LogP contribution in [0.2, 0.25) is 0 Å². The molecule has 0 spiro atoms. The Morgan fingerprint density at radius 2 is 2.11 bits per heavy atom. The Bertz CT molecular complexity index is 1490. The molecule has 2 fully saturated rings. The van der Waals surface area contributed by atoms with Crippen molar-refractivity contribution in [1.82, 2.24) is 34.5 Å². The summed E-state index contributed by atoms with van der Waals surface area (Å²) in [6.45, 7) is 3.57. The van der Waals surface area contributed by atoms with Crippen molar-refractivity contribution in [1.29, 1.82) is 0 Å². The van der Waals surface area contributed by atoms with Gasteiger partial charge in [-0.2, -0.15) is 4.98 Å². The summed E-state index contributed by atoms with van der Waals surface area (Å²) in [4.78, 5) is 6.50. The van der Waals surface area contributed by atoms with Crippen molar-refractivity contribution in [2.45, 2.75) is 44.1 Å². The maximum absolute atomic E-state index is 15.3. The fourth-order valence-electron chi connectivity index (χ4n) is 5.19. The van der Waals surface area contributed by atoms with E-state index in [2.05, 4.69) is 37.5 Å². The Hall–Kier alpha value is -3.52. The summed E-state index contributed by atoms with van der Waals surface area (Å²) in [5, 5.41) is 15.1. The van der Waals surface area contributed by atoms with Crippen LogP contribution in [0.1, 0.15) is 13.3 Å². The molecule has 0 unspecified atom stereocenters. The molecule has 0 bridgehead atoms. The lowest BCUT2D eigenvalue weighted by atomic mass is 9.92. The highest BCUT2D eigenvalue weighted by molar-refractivity contribution is 5.89. The summed E-state index contributed by atoms with van der Waals surface area (Å²) in [7, 11) is 1.39. The van der Waals surface area contributed by atoms with Crippen molar-refractivity contribution in [2.75, 3.05) is 38.7 Å². The molecule has 5 heterocycles. The molecular formula is C24H26F4N8O2. The standard InChI is InChI=1S/C24H26F4N8O2/c1-24(11-38-12-24)34-6-5-16(14(25)8-34)29-23-30-22(37-2)21-20(15(26)9-36(21)32-23)13-3-4-17-18(7-13)35(33-31-17)10-19(27)28/h3-4,7,9,14,16,19H,5-6,8,10-12H2,1-2H3,(H,29,32)/t14-,16+/m1/s1. The van der Waals surface area contributed by atoms with E-state index in [-0.39, 0.29) is 35.0 Å². The molecule has 14 heteroatoms. The Morgan fingerprint density at radius 1 is 1.29 bits per heavy atom. The zero-order chi connectivity index (χ0) is 26.6. The number of methoxy groups -OCH3 is 1. The number of alkyl halides is 3. The molecule has 2 saturated heterocycles. The third-order valence-electron chi connectivity index (χ3n) is 7.31. The molecule has 2 aliphatic heterocycles. The van der Waals surface area contributed by atoms with Crippen LogP contribution in [-0.2, 0) is 11.3 Å². The lowest BCUT2D eigenvalue weighted by Crippen LogP contribution is -2.64. The third-order valence-corrected chi connectivity index (χ3v) is 7.31. The van der Waals surface area contributed by atoms with Gasteiger partial charge in [-0.3, -0.25) is 4.90 Å². The SMILES string of the molecule is COc1nc(N[C@H]2CCN(C3(C)COC3)C[C@H]2F)nn2cc(F)c(-c3ccc4nnn(CC(F)F)c4c3)c12. The molecule has 0 saturated carbocycles. The van der Waals surface area contributed by atoms with E-state index in [4.69, 9.17) is 9.47 Å². The predicted molar refractivity (Wildman–Crippen MR) is 130 cm³/mol. The first-order chi connectivity index (χ1) is 18.3. The van der Waals surface area contributed by atoms with E-state index in [1.807, 2.05) is 0 Å². The fourth-order valence-corrected chi connectivity index (χ4v) is 5.19. The van der Waals surface area contributed by atoms with Gasteiger partial charge in [-0.1, -0.05) is 11.3 Å².